The van der Waals surface area contributed by atoms with Gasteiger partial charge in [-0.3, -0.25) is 20.2 Å². The largest absolute Gasteiger partial charge is 0.534 e. The van der Waals surface area contributed by atoms with E-state index in [1.54, 1.807) is 24.3 Å². The van der Waals surface area contributed by atoms with Crippen LogP contribution in [0.15, 0.2) is 72.8 Å². The minimum Gasteiger partial charge on any atom is -0.502 e. The summed E-state index contributed by atoms with van der Waals surface area (Å²) in [6.07, 6.45) is 0. The van der Waals surface area contributed by atoms with Gasteiger partial charge in [0.25, 0.3) is 0 Å². The van der Waals surface area contributed by atoms with Crippen LogP contribution in [-0.4, -0.2) is 34.2 Å². The third-order valence-corrected chi connectivity index (χ3v) is 5.56. The molecule has 4 rings (SSSR count). The maximum absolute atomic E-state index is 12.4. The van der Waals surface area contributed by atoms with E-state index in [0.717, 1.165) is 11.5 Å². The number of phenolic OH excluding ortho intramolecular Hbond substituents is 1. The molecule has 0 saturated heterocycles. The number of fused-ring (bicyclic) bond motifs is 2. The first-order valence-corrected chi connectivity index (χ1v) is 12.4. The number of phenols is 1. The number of alkyl halides is 5. The van der Waals surface area contributed by atoms with E-state index in [1.807, 2.05) is 6.07 Å². The quantitative estimate of drug-likeness (QED) is 0.0885. The number of nitro groups is 2. The lowest BCUT2D eigenvalue weighted by molar-refractivity contribution is -0.385. The van der Waals surface area contributed by atoms with Gasteiger partial charge in [0.05, 0.1) is 15.2 Å². The van der Waals surface area contributed by atoms with Crippen molar-refractivity contribution in [3.05, 3.63) is 93.0 Å². The van der Waals surface area contributed by atoms with Crippen LogP contribution in [0, 0.1) is 20.2 Å². The summed E-state index contributed by atoms with van der Waals surface area (Å²) in [7, 11) is -6.00. The van der Waals surface area contributed by atoms with Gasteiger partial charge in [-0.05, 0) is 22.9 Å². The lowest BCUT2D eigenvalue weighted by atomic mass is 10.1. The number of halogens is 5. The Morgan fingerprint density at radius 2 is 1.21 bits per heavy atom. The summed E-state index contributed by atoms with van der Waals surface area (Å²) in [5.41, 5.74) is -6.82. The molecule has 202 valence electrons. The van der Waals surface area contributed by atoms with Gasteiger partial charge in [0.15, 0.2) is 0 Å². The van der Waals surface area contributed by atoms with Crippen LogP contribution >= 0.6 is 23.2 Å². The lowest BCUT2D eigenvalue weighted by Gasteiger charge is -2.11. The Hall–Kier alpha value is -3.88. The molecule has 0 amide bonds. The molecule has 0 aliphatic heterocycles. The molecular weight excluding hydrogens is 580 g/mol. The molecule has 0 unspecified atom stereocenters. The second-order valence-electron chi connectivity index (χ2n) is 6.89. The van der Waals surface area contributed by atoms with Gasteiger partial charge in [0.1, 0.15) is 0 Å². The maximum atomic E-state index is 12.4. The Bertz CT molecular complexity index is 1580. The SMILES string of the molecule is ClCCl.O=[N+]([O-])c1ccc2ccccc2c1O.O=[N+]([O-])c1ccc2ccccc2c1OS(=O)(=O)C(F)(F)F. The zero-order valence-electron chi connectivity index (χ0n) is 18.6. The molecular formula is C22H15Cl2F3N2O8S. The van der Waals surface area contributed by atoms with E-state index in [-0.39, 0.29) is 22.2 Å². The highest BCUT2D eigenvalue weighted by atomic mass is 35.5. The van der Waals surface area contributed by atoms with Gasteiger partial charge in [-0.1, -0.05) is 48.5 Å². The van der Waals surface area contributed by atoms with E-state index in [0.29, 0.717) is 10.8 Å². The van der Waals surface area contributed by atoms with Crippen molar-refractivity contribution in [1.29, 1.82) is 0 Å². The molecule has 0 aromatic heterocycles. The number of nitro benzene ring substituents is 2. The Balaban J connectivity index is 0.000000257. The third kappa shape index (κ3) is 7.12. The van der Waals surface area contributed by atoms with Crippen molar-refractivity contribution in [1.82, 2.24) is 0 Å². The van der Waals surface area contributed by atoms with Gasteiger partial charge in [0, 0.05) is 22.9 Å². The van der Waals surface area contributed by atoms with Crippen molar-refractivity contribution in [3.8, 4) is 11.5 Å². The Morgan fingerprint density at radius 1 is 0.789 bits per heavy atom. The summed E-state index contributed by atoms with van der Waals surface area (Å²) in [4.78, 5) is 19.7. The van der Waals surface area contributed by atoms with Crippen LogP contribution < -0.4 is 4.18 Å². The molecule has 0 bridgehead atoms. The molecule has 16 heteroatoms. The van der Waals surface area contributed by atoms with Crippen molar-refractivity contribution in [3.63, 3.8) is 0 Å². The molecule has 0 heterocycles. The Kier molecular flexibility index (Phi) is 10.0. The molecule has 38 heavy (non-hydrogen) atoms. The van der Waals surface area contributed by atoms with Gasteiger partial charge < -0.3 is 9.29 Å². The van der Waals surface area contributed by atoms with Gasteiger partial charge in [-0.25, -0.2) is 0 Å². The fourth-order valence-corrected chi connectivity index (χ4v) is 3.50. The highest BCUT2D eigenvalue weighted by Crippen LogP contribution is 2.38. The number of hydrogen-bond donors (Lipinski definition) is 1. The van der Waals surface area contributed by atoms with Crippen LogP contribution in [-0.2, 0) is 10.1 Å². The lowest BCUT2D eigenvalue weighted by Crippen LogP contribution is -2.28. The molecule has 0 aliphatic carbocycles. The summed E-state index contributed by atoms with van der Waals surface area (Å²) < 4.78 is 63.2. The summed E-state index contributed by atoms with van der Waals surface area (Å²) >= 11 is 9.53. The van der Waals surface area contributed by atoms with Crippen LogP contribution in [0.2, 0.25) is 0 Å². The highest BCUT2D eigenvalue weighted by molar-refractivity contribution is 7.88. The Labute approximate surface area is 222 Å². The fraction of sp³-hybridized carbons (Fsp3) is 0.0909. The molecule has 4 aromatic carbocycles. The van der Waals surface area contributed by atoms with Crippen molar-refractivity contribution < 1.29 is 40.7 Å². The van der Waals surface area contributed by atoms with Crippen molar-refractivity contribution in [2.24, 2.45) is 0 Å². The number of aromatic hydroxyl groups is 1. The summed E-state index contributed by atoms with van der Waals surface area (Å²) in [5, 5.41) is 32.6. The molecule has 0 radical (unpaired) electrons. The van der Waals surface area contributed by atoms with Crippen LogP contribution in [0.3, 0.4) is 0 Å². The van der Waals surface area contributed by atoms with E-state index in [1.165, 1.54) is 36.4 Å². The molecule has 0 atom stereocenters. The fourth-order valence-electron chi connectivity index (χ4n) is 3.01. The average molecular weight is 595 g/mol. The minimum absolute atomic E-state index is 0.112. The normalized spacial score (nSPS) is 11.1. The van der Waals surface area contributed by atoms with Gasteiger partial charge in [-0.2, -0.15) is 21.6 Å². The second-order valence-corrected chi connectivity index (χ2v) is 9.23. The predicted octanol–water partition coefficient (Wildman–Crippen LogP) is 6.85. The van der Waals surface area contributed by atoms with Crippen LogP contribution in [0.4, 0.5) is 24.5 Å². The summed E-state index contributed by atoms with van der Waals surface area (Å²) in [5.74, 6) is -1.23. The van der Waals surface area contributed by atoms with E-state index in [4.69, 9.17) is 23.2 Å². The smallest absolute Gasteiger partial charge is 0.502 e. The number of hydrogen-bond acceptors (Lipinski definition) is 8. The van der Waals surface area contributed by atoms with Crippen molar-refractivity contribution in [2.75, 3.05) is 5.34 Å². The Morgan fingerprint density at radius 3 is 1.68 bits per heavy atom. The van der Waals surface area contributed by atoms with Gasteiger partial charge >= 0.3 is 27.0 Å². The monoisotopic (exact) mass is 594 g/mol. The first-order valence-electron chi connectivity index (χ1n) is 9.89. The first kappa shape index (κ1) is 30.3. The number of rotatable bonds is 4. The van der Waals surface area contributed by atoms with Crippen LogP contribution in [0.1, 0.15) is 0 Å². The number of benzene rings is 4. The topological polar surface area (TPSA) is 150 Å². The van der Waals surface area contributed by atoms with E-state index >= 15 is 0 Å². The molecule has 0 saturated carbocycles. The molecule has 4 aromatic rings. The summed E-state index contributed by atoms with van der Waals surface area (Å²) in [6.45, 7) is 0. The first-order chi connectivity index (χ1) is 17.7. The van der Waals surface area contributed by atoms with Crippen LogP contribution in [0.25, 0.3) is 21.5 Å². The average Bonchev–Trinajstić information content (AvgIpc) is 2.84. The van der Waals surface area contributed by atoms with Crippen molar-refractivity contribution >= 4 is 66.2 Å². The number of nitrogens with zero attached hydrogens (tertiary/aromatic N) is 2. The standard InChI is InChI=1S/C11H6F3NO5S.C10H7NO3.CH2Cl2/c12-11(13,14)21(18,19)20-10-8-4-2-1-3-7(8)5-6-9(10)15(16)17;12-10-8-4-2-1-3-7(8)5-6-9(10)11(13)14;2-1-3/h1-6H;1-6,12H;1H2. The predicted molar refractivity (Wildman–Crippen MR) is 135 cm³/mol. The van der Waals surface area contributed by atoms with E-state index in [2.05, 4.69) is 4.18 Å². The molecule has 0 spiro atoms. The third-order valence-electron chi connectivity index (χ3n) is 4.61. The van der Waals surface area contributed by atoms with Crippen LogP contribution in [0.5, 0.6) is 11.5 Å². The molecule has 0 aliphatic rings. The zero-order valence-corrected chi connectivity index (χ0v) is 21.0. The van der Waals surface area contributed by atoms with E-state index < -0.39 is 36.9 Å². The van der Waals surface area contributed by atoms with Gasteiger partial charge in [0.2, 0.25) is 11.5 Å². The molecule has 0 fully saturated rings. The molecule has 1 N–H and O–H groups in total. The minimum atomic E-state index is -6.00. The highest BCUT2D eigenvalue weighted by Gasteiger charge is 2.49. The molecule has 10 nitrogen and oxygen atoms in total. The zero-order chi connectivity index (χ0) is 28.7. The summed E-state index contributed by atoms with van der Waals surface area (Å²) in [6, 6.07) is 17.7. The van der Waals surface area contributed by atoms with E-state index in [9.17, 15) is 46.9 Å². The second kappa shape index (κ2) is 12.6. The van der Waals surface area contributed by atoms with Gasteiger partial charge in [-0.15, -0.1) is 23.2 Å². The maximum Gasteiger partial charge on any atom is 0.534 e. The van der Waals surface area contributed by atoms with Crippen molar-refractivity contribution in [2.45, 2.75) is 5.51 Å².